The Hall–Kier alpha value is -3.62. The predicted octanol–water partition coefficient (Wildman–Crippen LogP) is 0.591. The van der Waals surface area contributed by atoms with Crippen LogP contribution in [-0.4, -0.2) is 48.9 Å². The highest BCUT2D eigenvalue weighted by atomic mass is 16.4. The Morgan fingerprint density at radius 1 is 1.24 bits per heavy atom. The number of phenols is 1. The molecule has 0 radical (unpaired) electrons. The average molecular weight is 342 g/mol. The SMILES string of the molecule is O=C(N[C@H](Cc1cnc[nH]1)C(=O)O)C(=O)c1c[nH]c2cc(O)ccc12. The number of hydrogen-bond donors (Lipinski definition) is 5. The summed E-state index contributed by atoms with van der Waals surface area (Å²) in [5, 5.41) is 21.4. The highest BCUT2D eigenvalue weighted by Gasteiger charge is 2.26. The minimum atomic E-state index is -1.27. The van der Waals surface area contributed by atoms with Gasteiger partial charge in [0.25, 0.3) is 11.7 Å². The van der Waals surface area contributed by atoms with Gasteiger partial charge in [-0.1, -0.05) is 0 Å². The number of nitrogens with one attached hydrogen (secondary N) is 3. The number of benzene rings is 1. The van der Waals surface area contributed by atoms with Crippen molar-refractivity contribution in [2.75, 3.05) is 0 Å². The number of H-pyrrole nitrogens is 2. The van der Waals surface area contributed by atoms with Crippen LogP contribution in [0.15, 0.2) is 36.9 Å². The van der Waals surface area contributed by atoms with Gasteiger partial charge in [0.05, 0.1) is 11.9 Å². The predicted molar refractivity (Wildman–Crippen MR) is 86.2 cm³/mol. The lowest BCUT2D eigenvalue weighted by molar-refractivity contribution is -0.141. The molecule has 0 bridgehead atoms. The van der Waals surface area contributed by atoms with Crippen molar-refractivity contribution >= 4 is 28.6 Å². The van der Waals surface area contributed by atoms with Crippen LogP contribution in [0.5, 0.6) is 5.75 Å². The van der Waals surface area contributed by atoms with E-state index in [4.69, 9.17) is 0 Å². The number of rotatable bonds is 6. The van der Waals surface area contributed by atoms with E-state index < -0.39 is 23.7 Å². The van der Waals surface area contributed by atoms with Crippen molar-refractivity contribution in [3.05, 3.63) is 48.2 Å². The maximum atomic E-state index is 12.4. The zero-order valence-corrected chi connectivity index (χ0v) is 12.8. The first kappa shape index (κ1) is 16.2. The molecule has 0 spiro atoms. The van der Waals surface area contributed by atoms with E-state index in [0.29, 0.717) is 16.6 Å². The van der Waals surface area contributed by atoms with E-state index in [1.54, 1.807) is 0 Å². The summed E-state index contributed by atoms with van der Waals surface area (Å²) < 4.78 is 0. The van der Waals surface area contributed by atoms with Crippen molar-refractivity contribution in [2.24, 2.45) is 0 Å². The van der Waals surface area contributed by atoms with E-state index in [9.17, 15) is 24.6 Å². The number of carbonyl (C=O) groups excluding carboxylic acids is 2. The summed E-state index contributed by atoms with van der Waals surface area (Å²) in [5.41, 5.74) is 1.10. The molecular formula is C16H14N4O5. The third-order valence-electron chi connectivity index (χ3n) is 3.70. The van der Waals surface area contributed by atoms with Gasteiger partial charge in [-0.25, -0.2) is 9.78 Å². The van der Waals surface area contributed by atoms with Crippen LogP contribution in [0.25, 0.3) is 10.9 Å². The Bertz CT molecular complexity index is 945. The number of ketones is 1. The van der Waals surface area contributed by atoms with Gasteiger partial charge in [-0.2, -0.15) is 0 Å². The molecule has 0 unspecified atom stereocenters. The molecule has 128 valence electrons. The number of aromatic nitrogens is 3. The van der Waals surface area contributed by atoms with Crippen LogP contribution in [0, 0.1) is 0 Å². The van der Waals surface area contributed by atoms with Crippen LogP contribution in [0.4, 0.5) is 0 Å². The average Bonchev–Trinajstić information content (AvgIpc) is 3.22. The topological polar surface area (TPSA) is 148 Å². The third kappa shape index (κ3) is 3.34. The number of carboxylic acid groups (broad SMARTS) is 1. The van der Waals surface area contributed by atoms with Crippen molar-refractivity contribution < 1.29 is 24.6 Å². The first-order valence-electron chi connectivity index (χ1n) is 7.31. The minimum absolute atomic E-state index is 0.0169. The molecule has 0 aliphatic carbocycles. The fourth-order valence-electron chi connectivity index (χ4n) is 2.46. The van der Waals surface area contributed by atoms with Gasteiger partial charge in [-0.05, 0) is 12.1 Å². The van der Waals surface area contributed by atoms with E-state index in [2.05, 4.69) is 20.3 Å². The normalized spacial score (nSPS) is 12.0. The van der Waals surface area contributed by atoms with Crippen molar-refractivity contribution in [2.45, 2.75) is 12.5 Å². The largest absolute Gasteiger partial charge is 0.508 e. The van der Waals surface area contributed by atoms with Crippen molar-refractivity contribution in [1.29, 1.82) is 0 Å². The van der Waals surface area contributed by atoms with Gasteiger partial charge < -0.3 is 25.5 Å². The van der Waals surface area contributed by atoms with E-state index in [0.717, 1.165) is 0 Å². The summed E-state index contributed by atoms with van der Waals surface area (Å²) in [6, 6.07) is 3.04. The molecule has 1 amide bonds. The lowest BCUT2D eigenvalue weighted by atomic mass is 10.1. The highest BCUT2D eigenvalue weighted by Crippen LogP contribution is 2.22. The van der Waals surface area contributed by atoms with E-state index in [-0.39, 0.29) is 17.7 Å². The number of aromatic hydroxyl groups is 1. The zero-order chi connectivity index (χ0) is 18.0. The number of phenolic OH excluding ortho intramolecular Hbond substituents is 1. The molecule has 0 fully saturated rings. The summed E-state index contributed by atoms with van der Waals surface area (Å²) in [5.74, 6) is -3.14. The summed E-state index contributed by atoms with van der Waals surface area (Å²) in [6.45, 7) is 0. The number of fused-ring (bicyclic) bond motifs is 1. The molecule has 0 saturated heterocycles. The number of carbonyl (C=O) groups is 3. The first-order valence-corrected chi connectivity index (χ1v) is 7.31. The van der Waals surface area contributed by atoms with Crippen LogP contribution in [0.3, 0.4) is 0 Å². The van der Waals surface area contributed by atoms with Crippen LogP contribution >= 0.6 is 0 Å². The first-order chi connectivity index (χ1) is 12.0. The van der Waals surface area contributed by atoms with Crippen molar-refractivity contribution in [3.8, 4) is 5.75 Å². The van der Waals surface area contributed by atoms with E-state index in [1.165, 1.54) is 36.9 Å². The summed E-state index contributed by atoms with van der Waals surface area (Å²) in [7, 11) is 0. The number of Topliss-reactive ketones (excluding diaryl/α,β-unsaturated/α-hetero) is 1. The molecule has 3 rings (SSSR count). The summed E-state index contributed by atoms with van der Waals surface area (Å²) >= 11 is 0. The maximum Gasteiger partial charge on any atom is 0.326 e. The van der Waals surface area contributed by atoms with E-state index in [1.807, 2.05) is 0 Å². The van der Waals surface area contributed by atoms with Crippen LogP contribution in [0.1, 0.15) is 16.1 Å². The quantitative estimate of drug-likeness (QED) is 0.327. The van der Waals surface area contributed by atoms with Gasteiger partial charge in [-0.15, -0.1) is 0 Å². The lowest BCUT2D eigenvalue weighted by Crippen LogP contribution is -2.45. The second-order valence-corrected chi connectivity index (χ2v) is 5.41. The summed E-state index contributed by atoms with van der Waals surface area (Å²) in [4.78, 5) is 45.2. The molecule has 1 aromatic carbocycles. The van der Waals surface area contributed by atoms with Gasteiger partial charge in [0, 0.05) is 41.5 Å². The molecule has 2 heterocycles. The lowest BCUT2D eigenvalue weighted by Gasteiger charge is -2.12. The maximum absolute atomic E-state index is 12.4. The number of carboxylic acids is 1. The number of aromatic amines is 2. The third-order valence-corrected chi connectivity index (χ3v) is 3.70. The Morgan fingerprint density at radius 3 is 2.72 bits per heavy atom. The number of nitrogens with zero attached hydrogens (tertiary/aromatic N) is 1. The minimum Gasteiger partial charge on any atom is -0.508 e. The van der Waals surface area contributed by atoms with Crippen LogP contribution in [-0.2, 0) is 16.0 Å². The molecule has 9 heteroatoms. The molecular weight excluding hydrogens is 328 g/mol. The Balaban J connectivity index is 1.78. The van der Waals surface area contributed by atoms with Gasteiger partial charge in [0.15, 0.2) is 0 Å². The number of amides is 1. The van der Waals surface area contributed by atoms with Gasteiger partial charge in [0.2, 0.25) is 0 Å². The van der Waals surface area contributed by atoms with Gasteiger partial charge >= 0.3 is 5.97 Å². The molecule has 0 aliphatic heterocycles. The molecule has 2 aromatic heterocycles. The molecule has 0 saturated carbocycles. The van der Waals surface area contributed by atoms with Crippen molar-refractivity contribution in [3.63, 3.8) is 0 Å². The van der Waals surface area contributed by atoms with Crippen LogP contribution in [0.2, 0.25) is 0 Å². The van der Waals surface area contributed by atoms with Gasteiger partial charge in [0.1, 0.15) is 11.8 Å². The molecule has 25 heavy (non-hydrogen) atoms. The second kappa shape index (κ2) is 6.48. The number of aliphatic carboxylic acids is 1. The Morgan fingerprint density at radius 2 is 2.04 bits per heavy atom. The number of hydrogen-bond acceptors (Lipinski definition) is 5. The zero-order valence-electron chi connectivity index (χ0n) is 12.8. The fraction of sp³-hybridized carbons (Fsp3) is 0.125. The summed E-state index contributed by atoms with van der Waals surface area (Å²) in [6.07, 6.45) is 4.14. The molecule has 9 nitrogen and oxygen atoms in total. The smallest absolute Gasteiger partial charge is 0.326 e. The molecule has 3 aromatic rings. The van der Waals surface area contributed by atoms with Crippen LogP contribution < -0.4 is 5.32 Å². The Labute approximate surface area is 140 Å². The van der Waals surface area contributed by atoms with Crippen molar-refractivity contribution in [1.82, 2.24) is 20.3 Å². The number of imidazole rings is 1. The highest BCUT2D eigenvalue weighted by molar-refractivity contribution is 6.45. The fourth-order valence-corrected chi connectivity index (χ4v) is 2.46. The molecule has 1 atom stereocenters. The van der Waals surface area contributed by atoms with E-state index >= 15 is 0 Å². The van der Waals surface area contributed by atoms with Gasteiger partial charge in [-0.3, -0.25) is 9.59 Å². The molecule has 0 aliphatic rings. The standard InChI is InChI=1S/C16H14N4O5/c21-9-1-2-10-11(6-18-12(10)4-9)14(22)15(23)20-13(16(24)25)3-8-5-17-7-19-8/h1-2,4-7,13,18,21H,3H2,(H,17,19)(H,20,23)(H,24,25)/t13-/m1/s1. The molecule has 5 N–H and O–H groups in total. The second-order valence-electron chi connectivity index (χ2n) is 5.41. The monoisotopic (exact) mass is 342 g/mol. The Kier molecular flexibility index (Phi) is 4.21.